The number of H-pyrrole nitrogens is 1. The second-order valence-corrected chi connectivity index (χ2v) is 6.07. The van der Waals surface area contributed by atoms with Gasteiger partial charge in [-0.15, -0.1) is 11.3 Å². The predicted octanol–water partition coefficient (Wildman–Crippen LogP) is 5.06. The molecule has 0 atom stereocenters. The molecule has 102 valence electrons. The smallest absolute Gasteiger partial charge is 0.107 e. The van der Waals surface area contributed by atoms with Gasteiger partial charge in [0.15, 0.2) is 0 Å². The zero-order valence-electron chi connectivity index (χ0n) is 10.4. The van der Waals surface area contributed by atoms with Gasteiger partial charge in [0.1, 0.15) is 5.69 Å². The summed E-state index contributed by atoms with van der Waals surface area (Å²) in [4.78, 5) is 1.15. The van der Waals surface area contributed by atoms with E-state index in [1.54, 1.807) is 17.4 Å². The molecule has 0 fully saturated rings. The van der Waals surface area contributed by atoms with Crippen LogP contribution in [0.15, 0.2) is 41.9 Å². The highest BCUT2D eigenvalue weighted by molar-refractivity contribution is 7.13. The topological polar surface area (TPSA) is 40.7 Å². The molecule has 0 radical (unpaired) electrons. The van der Waals surface area contributed by atoms with Gasteiger partial charge in [0, 0.05) is 34.0 Å². The normalized spacial score (nSPS) is 10.7. The lowest BCUT2D eigenvalue weighted by molar-refractivity contribution is 1.10. The van der Waals surface area contributed by atoms with Gasteiger partial charge in [0.05, 0.1) is 4.88 Å². The second kappa shape index (κ2) is 5.87. The van der Waals surface area contributed by atoms with Gasteiger partial charge < -0.3 is 5.32 Å². The van der Waals surface area contributed by atoms with Crippen molar-refractivity contribution in [2.45, 2.75) is 6.54 Å². The molecule has 0 saturated carbocycles. The van der Waals surface area contributed by atoms with Gasteiger partial charge in [-0.3, -0.25) is 5.10 Å². The van der Waals surface area contributed by atoms with Crippen molar-refractivity contribution in [3.8, 4) is 10.6 Å². The quantitative estimate of drug-likeness (QED) is 0.704. The van der Waals surface area contributed by atoms with Gasteiger partial charge in [-0.25, -0.2) is 0 Å². The van der Waals surface area contributed by atoms with Crippen LogP contribution in [0.25, 0.3) is 10.6 Å². The van der Waals surface area contributed by atoms with Crippen molar-refractivity contribution in [2.75, 3.05) is 5.32 Å². The van der Waals surface area contributed by atoms with E-state index >= 15 is 0 Å². The Morgan fingerprint density at radius 3 is 2.70 bits per heavy atom. The third-order valence-electron chi connectivity index (χ3n) is 2.82. The summed E-state index contributed by atoms with van der Waals surface area (Å²) in [6.07, 6.45) is 1.90. The van der Waals surface area contributed by atoms with Crippen molar-refractivity contribution in [1.29, 1.82) is 0 Å². The average Bonchev–Trinajstić information content (AvgIpc) is 3.06. The van der Waals surface area contributed by atoms with E-state index in [9.17, 15) is 0 Å². The molecular weight excluding hydrogens is 313 g/mol. The number of aromatic amines is 1. The monoisotopic (exact) mass is 323 g/mol. The molecular formula is C14H11Cl2N3S. The zero-order valence-corrected chi connectivity index (χ0v) is 12.7. The first-order valence-electron chi connectivity index (χ1n) is 5.99. The minimum atomic E-state index is 0.616. The van der Waals surface area contributed by atoms with Crippen molar-refractivity contribution >= 4 is 40.2 Å². The summed E-state index contributed by atoms with van der Waals surface area (Å²) >= 11 is 13.6. The summed E-state index contributed by atoms with van der Waals surface area (Å²) in [5.74, 6) is 0. The van der Waals surface area contributed by atoms with Crippen LogP contribution in [-0.4, -0.2) is 10.2 Å². The molecule has 0 aliphatic carbocycles. The van der Waals surface area contributed by atoms with Gasteiger partial charge >= 0.3 is 0 Å². The molecule has 0 amide bonds. The molecule has 3 rings (SSSR count). The number of hydrogen-bond donors (Lipinski definition) is 2. The van der Waals surface area contributed by atoms with Crippen LogP contribution >= 0.6 is 34.5 Å². The van der Waals surface area contributed by atoms with E-state index < -0.39 is 0 Å². The van der Waals surface area contributed by atoms with Gasteiger partial charge in [-0.1, -0.05) is 29.3 Å². The molecule has 0 unspecified atom stereocenters. The Morgan fingerprint density at radius 2 is 2.00 bits per heavy atom. The highest BCUT2D eigenvalue weighted by Gasteiger charge is 2.09. The van der Waals surface area contributed by atoms with Crippen LogP contribution < -0.4 is 5.32 Å². The highest BCUT2D eigenvalue weighted by atomic mass is 35.5. The third-order valence-corrected chi connectivity index (χ3v) is 4.13. The van der Waals surface area contributed by atoms with Crippen LogP contribution in [0.5, 0.6) is 0 Å². The molecule has 1 aromatic carbocycles. The van der Waals surface area contributed by atoms with Crippen LogP contribution in [0.4, 0.5) is 5.69 Å². The number of benzene rings is 1. The summed E-state index contributed by atoms with van der Waals surface area (Å²) in [6, 6.07) is 9.48. The Labute approximate surface area is 130 Å². The maximum atomic E-state index is 5.98. The maximum Gasteiger partial charge on any atom is 0.107 e. The van der Waals surface area contributed by atoms with Crippen LogP contribution in [-0.2, 0) is 6.54 Å². The van der Waals surface area contributed by atoms with E-state index in [1.807, 2.05) is 29.8 Å². The molecule has 0 aliphatic heterocycles. The number of hydrogen-bond acceptors (Lipinski definition) is 3. The van der Waals surface area contributed by atoms with Crippen LogP contribution in [0.3, 0.4) is 0 Å². The van der Waals surface area contributed by atoms with E-state index in [0.717, 1.165) is 21.8 Å². The minimum Gasteiger partial charge on any atom is -0.381 e. The SMILES string of the molecule is Clc1cc(Cl)cc(NCc2c[nH]nc2-c2cccs2)c1. The minimum absolute atomic E-state index is 0.616. The fraction of sp³-hybridized carbons (Fsp3) is 0.0714. The summed E-state index contributed by atoms with van der Waals surface area (Å²) in [5.41, 5.74) is 2.96. The highest BCUT2D eigenvalue weighted by Crippen LogP contribution is 2.27. The molecule has 6 heteroatoms. The molecule has 3 aromatic rings. The number of rotatable bonds is 4. The molecule has 0 spiro atoms. The Balaban J connectivity index is 1.78. The summed E-state index contributed by atoms with van der Waals surface area (Å²) in [6.45, 7) is 0.653. The first-order valence-corrected chi connectivity index (χ1v) is 7.62. The van der Waals surface area contributed by atoms with Crippen LogP contribution in [0, 0.1) is 0 Å². The molecule has 20 heavy (non-hydrogen) atoms. The van der Waals surface area contributed by atoms with E-state index in [2.05, 4.69) is 21.6 Å². The van der Waals surface area contributed by atoms with Crippen LogP contribution in [0.1, 0.15) is 5.56 Å². The first-order chi connectivity index (χ1) is 9.72. The second-order valence-electron chi connectivity index (χ2n) is 4.25. The van der Waals surface area contributed by atoms with Crippen molar-refractivity contribution in [2.24, 2.45) is 0 Å². The average molecular weight is 324 g/mol. The number of thiophene rings is 1. The van der Waals surface area contributed by atoms with Crippen molar-refractivity contribution in [3.63, 3.8) is 0 Å². The van der Waals surface area contributed by atoms with E-state index in [4.69, 9.17) is 23.2 Å². The van der Waals surface area contributed by atoms with Crippen molar-refractivity contribution < 1.29 is 0 Å². The Bertz CT molecular complexity index is 687. The summed E-state index contributed by atoms with van der Waals surface area (Å²) < 4.78 is 0. The number of halogens is 2. The zero-order chi connectivity index (χ0) is 13.9. The maximum absolute atomic E-state index is 5.98. The summed E-state index contributed by atoms with van der Waals surface area (Å²) in [7, 11) is 0. The number of aromatic nitrogens is 2. The van der Waals surface area contributed by atoms with Gasteiger partial charge in [0.25, 0.3) is 0 Å². The van der Waals surface area contributed by atoms with E-state index in [0.29, 0.717) is 16.6 Å². The lowest BCUT2D eigenvalue weighted by Crippen LogP contribution is -1.99. The predicted molar refractivity (Wildman–Crippen MR) is 85.7 cm³/mol. The van der Waals surface area contributed by atoms with Gasteiger partial charge in [0.2, 0.25) is 0 Å². The van der Waals surface area contributed by atoms with E-state index in [1.165, 1.54) is 0 Å². The molecule has 0 bridgehead atoms. The number of anilines is 1. The Morgan fingerprint density at radius 1 is 1.20 bits per heavy atom. The lowest BCUT2D eigenvalue weighted by Gasteiger charge is -2.07. The first kappa shape index (κ1) is 13.5. The molecule has 2 heterocycles. The van der Waals surface area contributed by atoms with E-state index in [-0.39, 0.29) is 0 Å². The largest absolute Gasteiger partial charge is 0.381 e. The third kappa shape index (κ3) is 2.98. The Kier molecular flexibility index (Phi) is 3.96. The molecule has 2 aromatic heterocycles. The van der Waals surface area contributed by atoms with Crippen molar-refractivity contribution in [1.82, 2.24) is 10.2 Å². The molecule has 0 aliphatic rings. The fourth-order valence-electron chi connectivity index (χ4n) is 1.93. The number of nitrogens with zero attached hydrogens (tertiary/aromatic N) is 1. The standard InChI is InChI=1S/C14H11Cl2N3S/c15-10-4-11(16)6-12(5-10)17-7-9-8-18-19-14(9)13-2-1-3-20-13/h1-6,8,17H,7H2,(H,18,19). The fourth-order valence-corrected chi connectivity index (χ4v) is 3.20. The number of nitrogens with one attached hydrogen (secondary N) is 2. The molecule has 3 nitrogen and oxygen atoms in total. The summed E-state index contributed by atoms with van der Waals surface area (Å²) in [5, 5.41) is 13.8. The molecule has 2 N–H and O–H groups in total. The molecule has 0 saturated heterocycles. The van der Waals surface area contributed by atoms with Crippen molar-refractivity contribution in [3.05, 3.63) is 57.5 Å². The van der Waals surface area contributed by atoms with Crippen LogP contribution in [0.2, 0.25) is 10.0 Å². The van der Waals surface area contributed by atoms with Gasteiger partial charge in [-0.2, -0.15) is 5.10 Å². The Hall–Kier alpha value is -1.49. The lowest BCUT2D eigenvalue weighted by atomic mass is 10.2. The van der Waals surface area contributed by atoms with Gasteiger partial charge in [-0.05, 0) is 29.6 Å².